The molecule has 0 aliphatic heterocycles. The molecule has 2 N–H and O–H groups in total. The molecule has 0 amide bonds. The number of benzene rings is 2. The fourth-order valence-corrected chi connectivity index (χ4v) is 3.65. The Balaban J connectivity index is 2.32. The lowest BCUT2D eigenvalue weighted by molar-refractivity contribution is 0.639. The van der Waals surface area contributed by atoms with Gasteiger partial charge in [-0.25, -0.2) is 0 Å². The highest BCUT2D eigenvalue weighted by Crippen LogP contribution is 2.37. The second-order valence-electron chi connectivity index (χ2n) is 6.90. The van der Waals surface area contributed by atoms with Gasteiger partial charge >= 0.3 is 0 Å². The highest BCUT2D eigenvalue weighted by Gasteiger charge is 2.25. The number of unbranched alkanes of at least 4 members (excludes halogenated alkanes) is 2. The number of hydrogen-bond donors (Lipinski definition) is 1. The molecule has 0 fully saturated rings. The van der Waals surface area contributed by atoms with E-state index >= 15 is 0 Å². The molecule has 0 radical (unpaired) electrons. The minimum atomic E-state index is -0.164. The third-order valence-electron chi connectivity index (χ3n) is 4.80. The first-order valence-electron chi connectivity index (χ1n) is 8.68. The summed E-state index contributed by atoms with van der Waals surface area (Å²) in [4.78, 5) is 0. The van der Waals surface area contributed by atoms with E-state index in [1.807, 2.05) is 0 Å². The molecule has 2 aromatic carbocycles. The van der Waals surface area contributed by atoms with Gasteiger partial charge in [0.25, 0.3) is 0 Å². The molecular formula is C21H27Cl2N. The van der Waals surface area contributed by atoms with Crippen LogP contribution in [0.15, 0.2) is 36.4 Å². The lowest BCUT2D eigenvalue weighted by atomic mass is 9.77. The van der Waals surface area contributed by atoms with Crippen LogP contribution in [0.3, 0.4) is 0 Å². The minimum absolute atomic E-state index is 0.164. The Morgan fingerprint density at radius 2 is 1.50 bits per heavy atom. The molecule has 2 aromatic rings. The van der Waals surface area contributed by atoms with Crippen molar-refractivity contribution in [1.82, 2.24) is 0 Å². The van der Waals surface area contributed by atoms with E-state index in [2.05, 4.69) is 57.2 Å². The van der Waals surface area contributed by atoms with Gasteiger partial charge in [-0.2, -0.15) is 0 Å². The second kappa shape index (κ2) is 8.38. The van der Waals surface area contributed by atoms with Gasteiger partial charge in [-0.05, 0) is 47.2 Å². The van der Waals surface area contributed by atoms with Gasteiger partial charge in [0.1, 0.15) is 0 Å². The van der Waals surface area contributed by atoms with Crippen molar-refractivity contribution < 1.29 is 0 Å². The SMILES string of the molecule is CCCCCc1c(Cl)cc(C(C)(C)c2ccc(CN)cc2)cc1Cl. The first-order chi connectivity index (χ1) is 11.4. The van der Waals surface area contributed by atoms with Gasteiger partial charge in [-0.1, -0.05) is 81.1 Å². The fraction of sp³-hybridized carbons (Fsp3) is 0.429. The molecule has 24 heavy (non-hydrogen) atoms. The van der Waals surface area contributed by atoms with Gasteiger partial charge in [0.2, 0.25) is 0 Å². The van der Waals surface area contributed by atoms with Gasteiger partial charge in [0.05, 0.1) is 0 Å². The summed E-state index contributed by atoms with van der Waals surface area (Å²) in [7, 11) is 0. The average molecular weight is 364 g/mol. The summed E-state index contributed by atoms with van der Waals surface area (Å²) in [6.45, 7) is 7.15. The van der Waals surface area contributed by atoms with Crippen molar-refractivity contribution in [1.29, 1.82) is 0 Å². The van der Waals surface area contributed by atoms with Crippen molar-refractivity contribution in [2.24, 2.45) is 5.73 Å². The summed E-state index contributed by atoms with van der Waals surface area (Å²) < 4.78 is 0. The zero-order valence-corrected chi connectivity index (χ0v) is 16.3. The molecule has 0 aromatic heterocycles. The van der Waals surface area contributed by atoms with Crippen molar-refractivity contribution in [3.8, 4) is 0 Å². The first kappa shape index (κ1) is 19.3. The van der Waals surface area contributed by atoms with Crippen molar-refractivity contribution in [2.45, 2.75) is 58.4 Å². The number of hydrogen-bond acceptors (Lipinski definition) is 1. The predicted molar refractivity (Wildman–Crippen MR) is 106 cm³/mol. The second-order valence-corrected chi connectivity index (χ2v) is 7.72. The Bertz CT molecular complexity index is 652. The highest BCUT2D eigenvalue weighted by atomic mass is 35.5. The van der Waals surface area contributed by atoms with Crippen LogP contribution in [0.2, 0.25) is 10.0 Å². The molecule has 130 valence electrons. The largest absolute Gasteiger partial charge is 0.326 e. The molecule has 0 heterocycles. The van der Waals surface area contributed by atoms with E-state index in [0.717, 1.165) is 39.6 Å². The molecule has 0 saturated heterocycles. The van der Waals surface area contributed by atoms with E-state index in [1.165, 1.54) is 18.4 Å². The van der Waals surface area contributed by atoms with Crippen molar-refractivity contribution in [3.05, 3.63) is 68.7 Å². The Kier molecular flexibility index (Phi) is 6.74. The van der Waals surface area contributed by atoms with Crippen molar-refractivity contribution in [3.63, 3.8) is 0 Å². The normalized spacial score (nSPS) is 11.8. The molecule has 0 aliphatic carbocycles. The highest BCUT2D eigenvalue weighted by molar-refractivity contribution is 6.36. The predicted octanol–water partition coefficient (Wildman–Crippen LogP) is 6.51. The minimum Gasteiger partial charge on any atom is -0.326 e. The van der Waals surface area contributed by atoms with Crippen LogP contribution in [0.4, 0.5) is 0 Å². The van der Waals surface area contributed by atoms with Gasteiger partial charge < -0.3 is 5.73 Å². The molecule has 0 aliphatic rings. The maximum absolute atomic E-state index is 6.55. The van der Waals surface area contributed by atoms with Crippen molar-refractivity contribution >= 4 is 23.2 Å². The summed E-state index contributed by atoms with van der Waals surface area (Å²) in [5.41, 5.74) is 10.1. The first-order valence-corrected chi connectivity index (χ1v) is 9.43. The van der Waals surface area contributed by atoms with Crippen LogP contribution in [-0.2, 0) is 18.4 Å². The molecule has 0 atom stereocenters. The van der Waals surface area contributed by atoms with Crippen molar-refractivity contribution in [2.75, 3.05) is 0 Å². The van der Waals surface area contributed by atoms with E-state index in [-0.39, 0.29) is 5.41 Å². The number of rotatable bonds is 7. The van der Waals surface area contributed by atoms with Crippen LogP contribution in [0.25, 0.3) is 0 Å². The zero-order chi connectivity index (χ0) is 17.7. The van der Waals surface area contributed by atoms with E-state index in [9.17, 15) is 0 Å². The van der Waals surface area contributed by atoms with Gasteiger partial charge in [0.15, 0.2) is 0 Å². The average Bonchev–Trinajstić information content (AvgIpc) is 2.57. The lowest BCUT2D eigenvalue weighted by Gasteiger charge is -2.27. The van der Waals surface area contributed by atoms with Gasteiger partial charge in [-0.3, -0.25) is 0 Å². The summed E-state index contributed by atoms with van der Waals surface area (Å²) in [5, 5.41) is 1.56. The van der Waals surface area contributed by atoms with E-state index in [4.69, 9.17) is 28.9 Å². The van der Waals surface area contributed by atoms with Crippen LogP contribution in [0.1, 0.15) is 62.3 Å². The molecule has 0 bridgehead atoms. The van der Waals surface area contributed by atoms with E-state index in [1.54, 1.807) is 0 Å². The number of nitrogens with two attached hydrogens (primary N) is 1. The maximum atomic E-state index is 6.55. The summed E-state index contributed by atoms with van der Waals surface area (Å²) in [6.07, 6.45) is 4.46. The molecule has 0 spiro atoms. The third-order valence-corrected chi connectivity index (χ3v) is 5.48. The molecule has 2 rings (SSSR count). The summed E-state index contributed by atoms with van der Waals surface area (Å²) in [6, 6.07) is 12.6. The summed E-state index contributed by atoms with van der Waals surface area (Å²) >= 11 is 13.1. The Labute approximate surface area is 156 Å². The van der Waals surface area contributed by atoms with Crippen LogP contribution >= 0.6 is 23.2 Å². The van der Waals surface area contributed by atoms with Crippen LogP contribution in [0.5, 0.6) is 0 Å². The summed E-state index contributed by atoms with van der Waals surface area (Å²) in [5.74, 6) is 0. The van der Waals surface area contributed by atoms with E-state index < -0.39 is 0 Å². The quantitative estimate of drug-likeness (QED) is 0.557. The molecular weight excluding hydrogens is 337 g/mol. The van der Waals surface area contributed by atoms with Gasteiger partial charge in [0, 0.05) is 22.0 Å². The third kappa shape index (κ3) is 4.33. The lowest BCUT2D eigenvalue weighted by Crippen LogP contribution is -2.19. The topological polar surface area (TPSA) is 26.0 Å². The molecule has 0 unspecified atom stereocenters. The standard InChI is InChI=1S/C21H27Cl2N/c1-4-5-6-7-18-19(22)12-17(13-20(18)23)21(2,3)16-10-8-15(14-24)9-11-16/h8-13H,4-7,14,24H2,1-3H3. The van der Waals surface area contributed by atoms with E-state index in [0.29, 0.717) is 6.54 Å². The Hall–Kier alpha value is -1.02. The number of halogens is 2. The smallest absolute Gasteiger partial charge is 0.0455 e. The van der Waals surface area contributed by atoms with Crippen LogP contribution < -0.4 is 5.73 Å². The molecule has 0 saturated carbocycles. The fourth-order valence-electron chi connectivity index (χ4n) is 2.98. The monoisotopic (exact) mass is 363 g/mol. The zero-order valence-electron chi connectivity index (χ0n) is 14.8. The van der Waals surface area contributed by atoms with Gasteiger partial charge in [-0.15, -0.1) is 0 Å². The van der Waals surface area contributed by atoms with Crippen LogP contribution in [-0.4, -0.2) is 0 Å². The maximum Gasteiger partial charge on any atom is 0.0455 e. The molecule has 3 heteroatoms. The van der Waals surface area contributed by atoms with Crippen LogP contribution in [0, 0.1) is 0 Å². The Morgan fingerprint density at radius 1 is 0.917 bits per heavy atom. The molecule has 1 nitrogen and oxygen atoms in total. The Morgan fingerprint density at radius 3 is 2.00 bits per heavy atom.